The molecule has 2 aromatic rings. The van der Waals surface area contributed by atoms with Gasteiger partial charge in [-0.25, -0.2) is 14.8 Å². The molecule has 0 saturated heterocycles. The van der Waals surface area contributed by atoms with Crippen molar-refractivity contribution in [2.24, 2.45) is 0 Å². The predicted octanol–water partition coefficient (Wildman–Crippen LogP) is 1.92. The second-order valence-electron chi connectivity index (χ2n) is 5.23. The van der Waals surface area contributed by atoms with Crippen LogP contribution in [-0.2, 0) is 6.54 Å². The fourth-order valence-electron chi connectivity index (χ4n) is 2.21. The number of carbonyl (C=O) groups is 2. The van der Waals surface area contributed by atoms with Crippen molar-refractivity contribution in [1.82, 2.24) is 15.3 Å². The number of ether oxygens (including phenoxy) is 2. The summed E-state index contributed by atoms with van der Waals surface area (Å²) >= 11 is 6.20. The molecule has 25 heavy (non-hydrogen) atoms. The number of nitrogens with one attached hydrogen (secondary N) is 1. The van der Waals surface area contributed by atoms with Crippen molar-refractivity contribution in [1.29, 1.82) is 0 Å². The molecule has 9 heteroatoms. The molecule has 130 valence electrons. The van der Waals surface area contributed by atoms with Gasteiger partial charge in [-0.3, -0.25) is 4.79 Å². The molecule has 1 aromatic carbocycles. The summed E-state index contributed by atoms with van der Waals surface area (Å²) in [5.41, 5.74) is 0.523. The van der Waals surface area contributed by atoms with Crippen molar-refractivity contribution in [3.05, 3.63) is 46.5 Å². The summed E-state index contributed by atoms with van der Waals surface area (Å²) in [6, 6.07) is 3.45. The molecule has 3 rings (SSSR count). The molecule has 2 N–H and O–H groups in total. The van der Waals surface area contributed by atoms with Gasteiger partial charge >= 0.3 is 5.97 Å². The minimum Gasteiger partial charge on any atom is -0.489 e. The van der Waals surface area contributed by atoms with Crippen molar-refractivity contribution >= 4 is 23.5 Å². The average molecular weight is 364 g/mol. The van der Waals surface area contributed by atoms with Crippen LogP contribution in [0.4, 0.5) is 0 Å². The zero-order valence-corrected chi connectivity index (χ0v) is 13.7. The van der Waals surface area contributed by atoms with E-state index in [0.717, 1.165) is 24.4 Å². The molecule has 1 amide bonds. The summed E-state index contributed by atoms with van der Waals surface area (Å²) in [5.74, 6) is -0.641. The number of fused-ring (bicyclic) bond motifs is 1. The van der Waals surface area contributed by atoms with Crippen molar-refractivity contribution < 1.29 is 24.2 Å². The number of aromatic nitrogens is 2. The van der Waals surface area contributed by atoms with Crippen LogP contribution in [0.3, 0.4) is 0 Å². The highest BCUT2D eigenvalue weighted by molar-refractivity contribution is 6.32. The van der Waals surface area contributed by atoms with Gasteiger partial charge in [0.25, 0.3) is 5.91 Å². The van der Waals surface area contributed by atoms with Crippen molar-refractivity contribution in [2.45, 2.75) is 13.0 Å². The minimum absolute atomic E-state index is 0.0189. The zero-order chi connectivity index (χ0) is 17.8. The molecule has 1 aromatic heterocycles. The molecule has 2 heterocycles. The van der Waals surface area contributed by atoms with Gasteiger partial charge in [0.15, 0.2) is 17.2 Å². The van der Waals surface area contributed by atoms with E-state index in [1.54, 1.807) is 12.1 Å². The fraction of sp³-hybridized carbons (Fsp3) is 0.250. The Morgan fingerprint density at radius 1 is 1.16 bits per heavy atom. The van der Waals surface area contributed by atoms with Crippen LogP contribution in [0.25, 0.3) is 0 Å². The second kappa shape index (κ2) is 7.35. The van der Waals surface area contributed by atoms with E-state index in [4.69, 9.17) is 26.2 Å². The molecule has 0 fully saturated rings. The summed E-state index contributed by atoms with van der Waals surface area (Å²) in [7, 11) is 0. The Morgan fingerprint density at radius 3 is 2.60 bits per heavy atom. The molecule has 0 bridgehead atoms. The molecule has 1 aliphatic heterocycles. The summed E-state index contributed by atoms with van der Waals surface area (Å²) < 4.78 is 11.1. The third kappa shape index (κ3) is 3.97. The smallest absolute Gasteiger partial charge is 0.356 e. The van der Waals surface area contributed by atoms with Crippen LogP contribution in [0.1, 0.15) is 33.0 Å². The monoisotopic (exact) mass is 363 g/mol. The number of aromatic carboxylic acids is 1. The number of hydrogen-bond acceptors (Lipinski definition) is 6. The highest BCUT2D eigenvalue weighted by Crippen LogP contribution is 2.37. The van der Waals surface area contributed by atoms with Crippen molar-refractivity contribution in [2.75, 3.05) is 13.2 Å². The predicted molar refractivity (Wildman–Crippen MR) is 87.2 cm³/mol. The van der Waals surface area contributed by atoms with E-state index >= 15 is 0 Å². The molecule has 0 atom stereocenters. The standard InChI is InChI=1S/C16H14ClN3O5/c17-10-4-9(5-13-14(10)25-3-1-2-24-13)6-20-15(21)11-7-19-12(8-18-11)16(22)23/h4-5,7-8H,1-3,6H2,(H,20,21)(H,22,23). The van der Waals surface area contributed by atoms with Gasteiger partial charge in [0, 0.05) is 13.0 Å². The largest absolute Gasteiger partial charge is 0.489 e. The molecule has 0 saturated carbocycles. The summed E-state index contributed by atoms with van der Waals surface area (Å²) in [4.78, 5) is 30.2. The number of hydrogen-bond donors (Lipinski definition) is 2. The first kappa shape index (κ1) is 17.0. The van der Waals surface area contributed by atoms with Crippen LogP contribution in [0.5, 0.6) is 11.5 Å². The Balaban J connectivity index is 1.68. The number of rotatable bonds is 4. The lowest BCUT2D eigenvalue weighted by molar-refractivity contribution is 0.0689. The van der Waals surface area contributed by atoms with Crippen molar-refractivity contribution in [3.63, 3.8) is 0 Å². The molecular weight excluding hydrogens is 350 g/mol. The third-order valence-corrected chi connectivity index (χ3v) is 3.70. The molecule has 0 radical (unpaired) electrons. The Bertz CT molecular complexity index is 810. The van der Waals surface area contributed by atoms with E-state index in [0.29, 0.717) is 29.7 Å². The van der Waals surface area contributed by atoms with Crippen LogP contribution in [0.15, 0.2) is 24.5 Å². The first-order valence-electron chi connectivity index (χ1n) is 7.46. The van der Waals surface area contributed by atoms with E-state index in [9.17, 15) is 9.59 Å². The number of nitrogens with zero attached hydrogens (tertiary/aromatic N) is 2. The van der Waals surface area contributed by atoms with E-state index in [1.807, 2.05) is 0 Å². The molecular formula is C16H14ClN3O5. The van der Waals surface area contributed by atoms with Gasteiger partial charge in [0.05, 0.1) is 30.6 Å². The quantitative estimate of drug-likeness (QED) is 0.853. The van der Waals surface area contributed by atoms with Crippen molar-refractivity contribution in [3.8, 4) is 11.5 Å². The Hall–Kier alpha value is -2.87. The molecule has 8 nitrogen and oxygen atoms in total. The summed E-state index contributed by atoms with van der Waals surface area (Å²) in [6.07, 6.45) is 2.91. The topological polar surface area (TPSA) is 111 Å². The van der Waals surface area contributed by atoms with Crippen LogP contribution in [0, 0.1) is 0 Å². The molecule has 0 spiro atoms. The summed E-state index contributed by atoms with van der Waals surface area (Å²) in [5, 5.41) is 11.9. The lowest BCUT2D eigenvalue weighted by atomic mass is 10.2. The molecule has 1 aliphatic rings. The SMILES string of the molecule is O=C(O)c1cnc(C(=O)NCc2cc(Cl)c3c(c2)OCCCO3)cn1. The first-order valence-corrected chi connectivity index (χ1v) is 7.84. The van der Waals surface area contributed by atoms with Gasteiger partial charge in [0.2, 0.25) is 0 Å². The lowest BCUT2D eigenvalue weighted by Gasteiger charge is -2.12. The number of carboxylic acids is 1. The number of amides is 1. The van der Waals surface area contributed by atoms with Crippen LogP contribution >= 0.6 is 11.6 Å². The highest BCUT2D eigenvalue weighted by atomic mass is 35.5. The highest BCUT2D eigenvalue weighted by Gasteiger charge is 2.16. The van der Waals surface area contributed by atoms with E-state index in [1.165, 1.54) is 0 Å². The number of halogens is 1. The maximum absolute atomic E-state index is 12.1. The molecule has 0 aliphatic carbocycles. The van der Waals surface area contributed by atoms with E-state index < -0.39 is 11.9 Å². The number of carbonyl (C=O) groups excluding carboxylic acids is 1. The maximum atomic E-state index is 12.1. The second-order valence-corrected chi connectivity index (χ2v) is 5.64. The van der Waals surface area contributed by atoms with E-state index in [2.05, 4.69) is 15.3 Å². The van der Waals surface area contributed by atoms with Gasteiger partial charge in [-0.2, -0.15) is 0 Å². The van der Waals surface area contributed by atoms with Gasteiger partial charge in [-0.05, 0) is 17.7 Å². The van der Waals surface area contributed by atoms with Gasteiger partial charge < -0.3 is 19.9 Å². The zero-order valence-electron chi connectivity index (χ0n) is 13.0. The van der Waals surface area contributed by atoms with Crippen LogP contribution < -0.4 is 14.8 Å². The fourth-order valence-corrected chi connectivity index (χ4v) is 2.50. The normalized spacial score (nSPS) is 13.0. The minimum atomic E-state index is -1.21. The Kier molecular flexibility index (Phi) is 4.99. The van der Waals surface area contributed by atoms with Gasteiger partial charge in [-0.1, -0.05) is 11.6 Å². The van der Waals surface area contributed by atoms with Gasteiger partial charge in [-0.15, -0.1) is 0 Å². The van der Waals surface area contributed by atoms with Gasteiger partial charge in [0.1, 0.15) is 5.69 Å². The van der Waals surface area contributed by atoms with Crippen LogP contribution in [0.2, 0.25) is 5.02 Å². The maximum Gasteiger partial charge on any atom is 0.356 e. The Labute approximate surface area is 147 Å². The first-order chi connectivity index (χ1) is 12.0. The average Bonchev–Trinajstić information content (AvgIpc) is 2.85. The van der Waals surface area contributed by atoms with Crippen LogP contribution in [-0.4, -0.2) is 40.2 Å². The number of carboxylic acid groups (broad SMARTS) is 1. The van der Waals surface area contributed by atoms with E-state index in [-0.39, 0.29) is 17.9 Å². The number of benzene rings is 1. The third-order valence-electron chi connectivity index (χ3n) is 3.42. The summed E-state index contributed by atoms with van der Waals surface area (Å²) in [6.45, 7) is 1.26. The Morgan fingerprint density at radius 2 is 1.88 bits per heavy atom. The lowest BCUT2D eigenvalue weighted by Crippen LogP contribution is -2.24. The molecule has 0 unspecified atom stereocenters.